The Hall–Kier alpha value is -3.82. The molecule has 0 radical (unpaired) electrons. The van der Waals surface area contributed by atoms with Gasteiger partial charge in [-0.1, -0.05) is 0 Å². The first-order valence-electron chi connectivity index (χ1n) is 15.1. The van der Waals surface area contributed by atoms with Crippen LogP contribution in [-0.4, -0.2) is 56.4 Å². The van der Waals surface area contributed by atoms with Gasteiger partial charge in [0.1, 0.15) is 39.5 Å². The molecule has 2 aromatic carbocycles. The van der Waals surface area contributed by atoms with E-state index in [1.807, 2.05) is 45.3 Å². The van der Waals surface area contributed by atoms with Crippen molar-refractivity contribution in [2.45, 2.75) is 0 Å². The van der Waals surface area contributed by atoms with E-state index in [-0.39, 0.29) is 0 Å². The van der Waals surface area contributed by atoms with Crippen molar-refractivity contribution in [3.8, 4) is 11.1 Å². The maximum atomic E-state index is 2.28. The molecule has 0 N–H and O–H groups in total. The van der Waals surface area contributed by atoms with Crippen molar-refractivity contribution in [3.63, 3.8) is 0 Å². The summed E-state index contributed by atoms with van der Waals surface area (Å²) < 4.78 is 0. The van der Waals surface area contributed by atoms with Crippen molar-refractivity contribution < 1.29 is 0 Å². The average Bonchev–Trinajstić information content (AvgIpc) is 3.86. The van der Waals surface area contributed by atoms with Crippen LogP contribution in [0.15, 0.2) is 97.1 Å². The Bertz CT molecular complexity index is 1640. The fraction of sp³-hybridized carbons (Fsp3) is 0.211. The summed E-state index contributed by atoms with van der Waals surface area (Å²) in [7, 11) is 16.8. The molecule has 4 aromatic heterocycles. The topological polar surface area (TPSA) is 13.0 Å². The molecule has 4 nitrogen and oxygen atoms in total. The van der Waals surface area contributed by atoms with Gasteiger partial charge in [0.15, 0.2) is 0 Å². The molecule has 46 heavy (non-hydrogen) atoms. The first-order chi connectivity index (χ1) is 22.1. The van der Waals surface area contributed by atoms with Gasteiger partial charge < -0.3 is 19.6 Å². The minimum atomic E-state index is 1.22. The summed E-state index contributed by atoms with van der Waals surface area (Å²) >= 11 is 7.36. The van der Waals surface area contributed by atoms with Gasteiger partial charge in [0.2, 0.25) is 0 Å². The minimum absolute atomic E-state index is 1.22. The smallest absolute Gasteiger partial charge is 0.105 e. The summed E-state index contributed by atoms with van der Waals surface area (Å²) in [5.41, 5.74) is 4.90. The molecule has 234 valence electrons. The van der Waals surface area contributed by atoms with Crippen LogP contribution in [-0.2, 0) is 0 Å². The minimum Gasteiger partial charge on any atom is -0.369 e. The van der Waals surface area contributed by atoms with Crippen LogP contribution >= 0.6 is 45.3 Å². The van der Waals surface area contributed by atoms with Crippen LogP contribution in [0.5, 0.6) is 0 Å². The van der Waals surface area contributed by atoms with Crippen molar-refractivity contribution in [2.75, 3.05) is 76.0 Å². The molecule has 0 aliphatic carbocycles. The summed E-state index contributed by atoms with van der Waals surface area (Å²) in [4.78, 5) is 13.9. The van der Waals surface area contributed by atoms with Crippen LogP contribution in [0.1, 0.15) is 30.6 Å². The van der Waals surface area contributed by atoms with Crippen LogP contribution in [0.25, 0.3) is 11.1 Å². The third kappa shape index (κ3) is 6.67. The summed E-state index contributed by atoms with van der Waals surface area (Å²) in [5, 5.41) is 5.02. The first kappa shape index (κ1) is 32.1. The molecule has 0 spiro atoms. The molecular weight excluding hydrogens is 641 g/mol. The summed E-state index contributed by atoms with van der Waals surface area (Å²) in [6.45, 7) is 0. The highest BCUT2D eigenvalue weighted by atomic mass is 32.1. The van der Waals surface area contributed by atoms with Gasteiger partial charge in [-0.25, -0.2) is 0 Å². The molecule has 0 aliphatic heterocycles. The molecule has 4 heterocycles. The normalized spacial score (nSPS) is 11.0. The monoisotopic (exact) mass is 680 g/mol. The maximum Gasteiger partial charge on any atom is 0.105 e. The van der Waals surface area contributed by atoms with E-state index in [0.29, 0.717) is 0 Å². The summed E-state index contributed by atoms with van der Waals surface area (Å²) in [6, 6.07) is 36.1. The van der Waals surface area contributed by atoms with Gasteiger partial charge in [-0.15, -0.1) is 45.3 Å². The number of rotatable bonds is 11. The summed E-state index contributed by atoms with van der Waals surface area (Å²) in [6.07, 6.45) is 0. The molecule has 0 bridgehead atoms. The quantitative estimate of drug-likeness (QED) is 0.126. The molecule has 0 fully saturated rings. The van der Waals surface area contributed by atoms with Crippen LogP contribution in [0.3, 0.4) is 0 Å². The molecule has 6 aromatic rings. The zero-order valence-electron chi connectivity index (χ0n) is 27.7. The SMILES string of the molecule is CN(C)c1ccc([C+](c2ccc(-c3ccc([C+](c4ccc(N(C)C)s4)c4ccc(N(C)C)s4)cc3)cc2)c2ccc(N(C)C)s2)s1. The Morgan fingerprint density at radius 2 is 0.565 bits per heavy atom. The van der Waals surface area contributed by atoms with Crippen molar-refractivity contribution in [1.82, 2.24) is 0 Å². The number of anilines is 4. The Kier molecular flexibility index (Phi) is 9.43. The Morgan fingerprint density at radius 1 is 0.326 bits per heavy atom. The number of nitrogens with zero attached hydrogens (tertiary/aromatic N) is 4. The van der Waals surface area contributed by atoms with Crippen molar-refractivity contribution in [1.29, 1.82) is 0 Å². The molecule has 0 unspecified atom stereocenters. The van der Waals surface area contributed by atoms with Gasteiger partial charge in [0, 0.05) is 129 Å². The van der Waals surface area contributed by atoms with E-state index in [2.05, 4.69) is 173 Å². The Balaban J connectivity index is 1.31. The highest BCUT2D eigenvalue weighted by molar-refractivity contribution is 7.19. The van der Waals surface area contributed by atoms with Crippen LogP contribution in [0.2, 0.25) is 0 Å². The molecular formula is C38H40N4S4+2. The van der Waals surface area contributed by atoms with E-state index in [0.717, 1.165) is 0 Å². The van der Waals surface area contributed by atoms with Crippen molar-refractivity contribution in [2.24, 2.45) is 0 Å². The lowest BCUT2D eigenvalue weighted by molar-refractivity contribution is 1.16. The van der Waals surface area contributed by atoms with Crippen LogP contribution < -0.4 is 19.6 Å². The molecule has 6 rings (SSSR count). The lowest BCUT2D eigenvalue weighted by Crippen LogP contribution is -2.06. The number of hydrogen-bond donors (Lipinski definition) is 0. The highest BCUT2D eigenvalue weighted by Crippen LogP contribution is 2.44. The van der Waals surface area contributed by atoms with E-state index in [4.69, 9.17) is 0 Å². The average molecular weight is 681 g/mol. The second kappa shape index (κ2) is 13.5. The maximum absolute atomic E-state index is 2.28. The summed E-state index contributed by atoms with van der Waals surface area (Å²) in [5.74, 6) is 2.58. The van der Waals surface area contributed by atoms with Crippen LogP contribution in [0, 0.1) is 11.8 Å². The van der Waals surface area contributed by atoms with Gasteiger partial charge in [0.25, 0.3) is 0 Å². The Labute approximate surface area is 290 Å². The van der Waals surface area contributed by atoms with E-state index in [1.54, 1.807) is 0 Å². The predicted octanol–water partition coefficient (Wildman–Crippen LogP) is 9.90. The van der Waals surface area contributed by atoms with E-state index in [9.17, 15) is 0 Å². The predicted molar refractivity (Wildman–Crippen MR) is 208 cm³/mol. The van der Waals surface area contributed by atoms with Gasteiger partial charge in [-0.05, 0) is 35.4 Å². The second-order valence-electron chi connectivity index (χ2n) is 12.0. The van der Waals surface area contributed by atoms with Crippen molar-refractivity contribution in [3.05, 3.63) is 140 Å². The molecule has 8 heteroatoms. The fourth-order valence-electron chi connectivity index (χ4n) is 5.28. The third-order valence-corrected chi connectivity index (χ3v) is 12.9. The third-order valence-electron chi connectivity index (χ3n) is 7.80. The number of benzene rings is 2. The van der Waals surface area contributed by atoms with Gasteiger partial charge in [-0.2, -0.15) is 0 Å². The van der Waals surface area contributed by atoms with Gasteiger partial charge in [-0.3, -0.25) is 0 Å². The van der Waals surface area contributed by atoms with E-state index < -0.39 is 0 Å². The molecule has 0 amide bonds. The van der Waals surface area contributed by atoms with E-state index in [1.165, 1.54) is 73.6 Å². The van der Waals surface area contributed by atoms with Gasteiger partial charge >= 0.3 is 0 Å². The molecule has 0 aliphatic rings. The number of hydrogen-bond acceptors (Lipinski definition) is 8. The zero-order valence-corrected chi connectivity index (χ0v) is 30.9. The van der Waals surface area contributed by atoms with Crippen molar-refractivity contribution >= 4 is 65.4 Å². The molecule has 0 atom stereocenters. The lowest BCUT2D eigenvalue weighted by Gasteiger charge is -2.12. The van der Waals surface area contributed by atoms with E-state index >= 15 is 0 Å². The zero-order chi connectivity index (χ0) is 32.5. The van der Waals surface area contributed by atoms with Crippen LogP contribution in [0.4, 0.5) is 20.0 Å². The highest BCUT2D eigenvalue weighted by Gasteiger charge is 2.29. The van der Waals surface area contributed by atoms with Gasteiger partial charge in [0.05, 0.1) is 23.0 Å². The standard InChI is InChI=1S/C38H40N4S4/c1-39(2)33-21-17-29(43-33)37(30-18-22-34(44-30)40(3)4)27-13-9-25(10-14-27)26-11-15-28(16-12-26)38(31-19-23-35(45-31)41(5)6)32-20-24-36(46-32)42(7)8/h9-24H,1-8H3/q+2. The number of thiophene rings is 4. The second-order valence-corrected chi connectivity index (χ2v) is 16.3. The first-order valence-corrected chi connectivity index (χ1v) is 18.4. The molecule has 0 saturated heterocycles. The Morgan fingerprint density at radius 3 is 0.761 bits per heavy atom. The molecule has 0 saturated carbocycles. The fourth-order valence-corrected chi connectivity index (χ4v) is 9.45. The largest absolute Gasteiger partial charge is 0.369 e. The lowest BCUT2D eigenvalue weighted by atomic mass is 9.92.